The van der Waals surface area contributed by atoms with Gasteiger partial charge in [-0.3, -0.25) is 0 Å². The van der Waals surface area contributed by atoms with Crippen LogP contribution in [-0.2, 0) is 12.3 Å². The largest absolute Gasteiger partial charge is 0.439 e. The predicted octanol–water partition coefficient (Wildman–Crippen LogP) is 3.06. The van der Waals surface area contributed by atoms with Crippen molar-refractivity contribution in [2.45, 2.75) is 24.8 Å². The zero-order chi connectivity index (χ0) is 11.8. The van der Waals surface area contributed by atoms with Gasteiger partial charge < -0.3 is 9.52 Å². The predicted molar refractivity (Wildman–Crippen MR) is 64.8 cm³/mol. The van der Waals surface area contributed by atoms with Gasteiger partial charge in [0.1, 0.15) is 0 Å². The molecular weight excluding hydrogens is 238 g/mol. The van der Waals surface area contributed by atoms with Crippen LogP contribution < -0.4 is 0 Å². The fourth-order valence-corrected chi connectivity index (χ4v) is 2.38. The Kier molecular flexibility index (Phi) is 2.65. The number of aryl methyl sites for hydroxylation is 1. The Morgan fingerprint density at radius 2 is 2.24 bits per heavy atom. The number of fused-ring (bicyclic) bond motifs is 3. The molecule has 0 amide bonds. The van der Waals surface area contributed by atoms with Crippen LogP contribution in [0.25, 0.3) is 11.3 Å². The summed E-state index contributed by atoms with van der Waals surface area (Å²) in [6, 6.07) is 7.74. The molecular formula is C13H12ClNO2. The highest BCUT2D eigenvalue weighted by Crippen LogP contribution is 2.37. The van der Waals surface area contributed by atoms with Crippen LogP contribution in [0.15, 0.2) is 28.7 Å². The molecule has 0 fully saturated rings. The van der Waals surface area contributed by atoms with Gasteiger partial charge in [-0.25, -0.2) is 4.98 Å². The SMILES string of the molecule is OC1CCc2nc(CCl)oc2-c2ccccc21. The maximum absolute atomic E-state index is 10.1. The minimum Gasteiger partial charge on any atom is -0.439 e. The molecule has 0 radical (unpaired) electrons. The molecule has 0 saturated heterocycles. The summed E-state index contributed by atoms with van der Waals surface area (Å²) in [7, 11) is 0. The van der Waals surface area contributed by atoms with Gasteiger partial charge in [-0.2, -0.15) is 0 Å². The van der Waals surface area contributed by atoms with Crippen LogP contribution in [-0.4, -0.2) is 10.1 Å². The van der Waals surface area contributed by atoms with Crippen molar-refractivity contribution < 1.29 is 9.52 Å². The number of hydrogen-bond acceptors (Lipinski definition) is 3. The molecule has 1 aromatic carbocycles. The lowest BCUT2D eigenvalue weighted by molar-refractivity contribution is 0.169. The van der Waals surface area contributed by atoms with Gasteiger partial charge in [-0.05, 0) is 18.4 Å². The zero-order valence-electron chi connectivity index (χ0n) is 9.19. The van der Waals surface area contributed by atoms with Crippen LogP contribution in [0.3, 0.4) is 0 Å². The minimum atomic E-state index is -0.449. The van der Waals surface area contributed by atoms with Crippen molar-refractivity contribution >= 4 is 11.6 Å². The summed E-state index contributed by atoms with van der Waals surface area (Å²) < 4.78 is 5.66. The van der Waals surface area contributed by atoms with E-state index in [0.29, 0.717) is 18.7 Å². The normalized spacial score (nSPS) is 18.4. The molecule has 88 valence electrons. The quantitative estimate of drug-likeness (QED) is 0.790. The van der Waals surface area contributed by atoms with E-state index < -0.39 is 6.10 Å². The Morgan fingerprint density at radius 1 is 1.41 bits per heavy atom. The van der Waals surface area contributed by atoms with Crippen molar-refractivity contribution in [1.29, 1.82) is 0 Å². The number of benzene rings is 1. The molecule has 17 heavy (non-hydrogen) atoms. The van der Waals surface area contributed by atoms with E-state index in [-0.39, 0.29) is 5.88 Å². The lowest BCUT2D eigenvalue weighted by Gasteiger charge is -2.10. The summed E-state index contributed by atoms with van der Waals surface area (Å²) >= 11 is 5.74. The van der Waals surface area contributed by atoms with Crippen molar-refractivity contribution in [1.82, 2.24) is 4.98 Å². The number of aliphatic hydroxyl groups excluding tert-OH is 1. The van der Waals surface area contributed by atoms with Gasteiger partial charge in [0.05, 0.1) is 17.7 Å². The summed E-state index contributed by atoms with van der Waals surface area (Å²) in [4.78, 5) is 4.35. The van der Waals surface area contributed by atoms with Crippen LogP contribution in [0.5, 0.6) is 0 Å². The summed E-state index contributed by atoms with van der Waals surface area (Å²) in [6.07, 6.45) is 0.930. The molecule has 0 aliphatic heterocycles. The average molecular weight is 250 g/mol. The highest BCUT2D eigenvalue weighted by Gasteiger charge is 2.24. The number of aromatic nitrogens is 1. The van der Waals surface area contributed by atoms with E-state index >= 15 is 0 Å². The number of rotatable bonds is 1. The number of oxazole rings is 1. The van der Waals surface area contributed by atoms with Gasteiger partial charge in [0.25, 0.3) is 0 Å². The van der Waals surface area contributed by atoms with E-state index in [1.54, 1.807) is 0 Å². The molecule has 1 heterocycles. The van der Waals surface area contributed by atoms with Crippen molar-refractivity contribution in [3.05, 3.63) is 41.4 Å². The first-order valence-corrected chi connectivity index (χ1v) is 6.15. The second-order valence-electron chi connectivity index (χ2n) is 4.16. The molecule has 1 aromatic heterocycles. The number of alkyl halides is 1. The number of halogens is 1. The minimum absolute atomic E-state index is 0.276. The molecule has 1 unspecified atom stereocenters. The third-order valence-electron chi connectivity index (χ3n) is 3.07. The molecule has 2 aromatic rings. The molecule has 0 bridgehead atoms. The lowest BCUT2D eigenvalue weighted by Crippen LogP contribution is -1.98. The van der Waals surface area contributed by atoms with Gasteiger partial charge in [0.15, 0.2) is 5.76 Å². The summed E-state index contributed by atoms with van der Waals surface area (Å²) in [6.45, 7) is 0. The third kappa shape index (κ3) is 1.75. The highest BCUT2D eigenvalue weighted by atomic mass is 35.5. The first kappa shape index (κ1) is 10.8. The average Bonchev–Trinajstić information content (AvgIpc) is 2.74. The second-order valence-corrected chi connectivity index (χ2v) is 4.43. The van der Waals surface area contributed by atoms with Gasteiger partial charge >= 0.3 is 0 Å². The van der Waals surface area contributed by atoms with Crippen LogP contribution in [0.1, 0.15) is 29.7 Å². The zero-order valence-corrected chi connectivity index (χ0v) is 9.94. The molecule has 1 aliphatic rings. The van der Waals surface area contributed by atoms with Crippen LogP contribution in [0.4, 0.5) is 0 Å². The van der Waals surface area contributed by atoms with Gasteiger partial charge in [0, 0.05) is 5.56 Å². The Morgan fingerprint density at radius 3 is 3.06 bits per heavy atom. The molecule has 3 rings (SSSR count). The first-order chi connectivity index (χ1) is 8.29. The van der Waals surface area contributed by atoms with Crippen LogP contribution >= 0.6 is 11.6 Å². The Bertz CT molecular complexity index is 550. The van der Waals surface area contributed by atoms with Gasteiger partial charge in [-0.1, -0.05) is 24.3 Å². The summed E-state index contributed by atoms with van der Waals surface area (Å²) in [5.74, 6) is 1.58. The standard InChI is InChI=1S/C13H12ClNO2/c14-7-12-15-10-5-6-11(16)8-3-1-2-4-9(8)13(10)17-12/h1-4,11,16H,5-7H2. The molecule has 4 heteroatoms. The first-order valence-electron chi connectivity index (χ1n) is 5.61. The number of aliphatic hydroxyl groups is 1. The van der Waals surface area contributed by atoms with E-state index in [1.165, 1.54) is 0 Å². The molecule has 0 spiro atoms. The van der Waals surface area contributed by atoms with Crippen molar-refractivity contribution in [3.63, 3.8) is 0 Å². The Hall–Kier alpha value is -1.32. The van der Waals surface area contributed by atoms with E-state index in [1.807, 2.05) is 24.3 Å². The molecule has 3 nitrogen and oxygen atoms in total. The highest BCUT2D eigenvalue weighted by molar-refractivity contribution is 6.16. The second kappa shape index (κ2) is 4.17. The van der Waals surface area contributed by atoms with Crippen molar-refractivity contribution in [3.8, 4) is 11.3 Å². The van der Waals surface area contributed by atoms with Crippen molar-refractivity contribution in [2.24, 2.45) is 0 Å². The van der Waals surface area contributed by atoms with E-state index in [2.05, 4.69) is 4.98 Å². The van der Waals surface area contributed by atoms with Crippen molar-refractivity contribution in [2.75, 3.05) is 0 Å². The van der Waals surface area contributed by atoms with Crippen LogP contribution in [0.2, 0.25) is 0 Å². The third-order valence-corrected chi connectivity index (χ3v) is 3.30. The number of nitrogens with zero attached hydrogens (tertiary/aromatic N) is 1. The van der Waals surface area contributed by atoms with E-state index in [9.17, 15) is 5.11 Å². The monoisotopic (exact) mass is 249 g/mol. The Balaban J connectivity index is 2.21. The van der Waals surface area contributed by atoms with E-state index in [4.69, 9.17) is 16.0 Å². The lowest BCUT2D eigenvalue weighted by atomic mass is 10.0. The smallest absolute Gasteiger partial charge is 0.210 e. The van der Waals surface area contributed by atoms with Gasteiger partial charge in [-0.15, -0.1) is 11.6 Å². The van der Waals surface area contributed by atoms with Gasteiger partial charge in [0.2, 0.25) is 5.89 Å². The van der Waals surface area contributed by atoms with Crippen LogP contribution in [0, 0.1) is 0 Å². The summed E-state index contributed by atoms with van der Waals surface area (Å²) in [5.41, 5.74) is 2.73. The molecule has 0 saturated carbocycles. The van der Waals surface area contributed by atoms with E-state index in [0.717, 1.165) is 22.6 Å². The fraction of sp³-hybridized carbons (Fsp3) is 0.308. The maximum atomic E-state index is 10.1. The fourth-order valence-electron chi connectivity index (χ4n) is 2.26. The molecule has 1 N–H and O–H groups in total. The summed E-state index contributed by atoms with van der Waals surface area (Å²) in [5, 5.41) is 10.1. The molecule has 1 aliphatic carbocycles. The maximum Gasteiger partial charge on any atom is 0.210 e. The Labute approximate surface area is 104 Å². The topological polar surface area (TPSA) is 46.3 Å². The number of hydrogen-bond donors (Lipinski definition) is 1. The molecule has 1 atom stereocenters.